The smallest absolute Gasteiger partial charge is 0.0779 e. The van der Waals surface area contributed by atoms with Crippen LogP contribution in [0.4, 0.5) is 0 Å². The number of hydrogen-bond acceptors (Lipinski definition) is 3. The number of rotatable bonds is 6. The van der Waals surface area contributed by atoms with Gasteiger partial charge >= 0.3 is 0 Å². The molecule has 0 aromatic heterocycles. The first-order valence-corrected chi connectivity index (χ1v) is 7.34. The minimum absolute atomic E-state index is 0.117. The molecule has 0 radical (unpaired) electrons. The van der Waals surface area contributed by atoms with Gasteiger partial charge in [-0.15, -0.1) is 0 Å². The van der Waals surface area contributed by atoms with E-state index in [9.17, 15) is 0 Å². The lowest BCUT2D eigenvalue weighted by molar-refractivity contribution is 0.0209. The Hall–Kier alpha value is -0.120. The second-order valence-electron chi connectivity index (χ2n) is 5.93. The van der Waals surface area contributed by atoms with Crippen LogP contribution in [0.3, 0.4) is 0 Å². The van der Waals surface area contributed by atoms with Gasteiger partial charge < -0.3 is 15.4 Å². The molecule has 2 atom stereocenters. The van der Waals surface area contributed by atoms with Crippen molar-refractivity contribution in [2.75, 3.05) is 32.8 Å². The van der Waals surface area contributed by atoms with Gasteiger partial charge in [0, 0.05) is 13.2 Å². The normalized spacial score (nSPS) is 34.1. The molecule has 3 heteroatoms. The van der Waals surface area contributed by atoms with Crippen molar-refractivity contribution in [2.24, 2.45) is 5.92 Å². The second kappa shape index (κ2) is 6.72. The maximum absolute atomic E-state index is 5.76. The highest BCUT2D eigenvalue weighted by molar-refractivity contribution is 4.82. The third kappa shape index (κ3) is 4.57. The van der Waals surface area contributed by atoms with Crippen LogP contribution in [0.1, 0.15) is 45.4 Å². The second-order valence-corrected chi connectivity index (χ2v) is 5.93. The summed E-state index contributed by atoms with van der Waals surface area (Å²) in [5.41, 5.74) is 0.117. The first-order valence-electron chi connectivity index (χ1n) is 7.34. The summed E-state index contributed by atoms with van der Waals surface area (Å²) < 4.78 is 5.76. The molecule has 0 aromatic carbocycles. The highest BCUT2D eigenvalue weighted by Gasteiger charge is 2.28. The van der Waals surface area contributed by atoms with Crippen LogP contribution in [-0.2, 0) is 4.74 Å². The minimum Gasteiger partial charge on any atom is -0.374 e. The topological polar surface area (TPSA) is 33.3 Å². The van der Waals surface area contributed by atoms with E-state index in [0.29, 0.717) is 0 Å². The minimum atomic E-state index is 0.117. The molecule has 2 unspecified atom stereocenters. The van der Waals surface area contributed by atoms with Gasteiger partial charge in [-0.25, -0.2) is 0 Å². The van der Waals surface area contributed by atoms with Crippen LogP contribution in [0.2, 0.25) is 0 Å². The number of hydrogen-bond donors (Lipinski definition) is 2. The molecule has 0 bridgehead atoms. The Morgan fingerprint density at radius 2 is 2.35 bits per heavy atom. The number of piperidine rings is 1. The highest BCUT2D eigenvalue weighted by atomic mass is 16.5. The lowest BCUT2D eigenvalue weighted by atomic mass is 9.95. The van der Waals surface area contributed by atoms with Crippen molar-refractivity contribution in [1.82, 2.24) is 10.6 Å². The summed E-state index contributed by atoms with van der Waals surface area (Å²) in [6, 6.07) is 0. The average Bonchev–Trinajstić information content (AvgIpc) is 2.77. The van der Waals surface area contributed by atoms with E-state index < -0.39 is 0 Å². The molecular weight excluding hydrogens is 212 g/mol. The Balaban J connectivity index is 1.48. The van der Waals surface area contributed by atoms with Crippen molar-refractivity contribution in [3.8, 4) is 0 Å². The molecule has 2 heterocycles. The zero-order valence-electron chi connectivity index (χ0n) is 11.3. The molecule has 0 aliphatic carbocycles. The van der Waals surface area contributed by atoms with E-state index in [1.165, 1.54) is 51.6 Å². The van der Waals surface area contributed by atoms with E-state index in [1.54, 1.807) is 0 Å². The van der Waals surface area contributed by atoms with Gasteiger partial charge in [0.2, 0.25) is 0 Å². The standard InChI is InChI=1S/C14H28N2O/c1-14(7-4-10-17-14)12-16-9-3-6-13-5-2-8-15-11-13/h13,15-16H,2-12H2,1H3. The predicted octanol–water partition coefficient (Wildman–Crippen LogP) is 1.92. The van der Waals surface area contributed by atoms with Crippen molar-refractivity contribution in [3.05, 3.63) is 0 Å². The molecule has 17 heavy (non-hydrogen) atoms. The lowest BCUT2D eigenvalue weighted by Gasteiger charge is -2.25. The fourth-order valence-electron chi connectivity index (χ4n) is 3.02. The summed E-state index contributed by atoms with van der Waals surface area (Å²) in [6.07, 6.45) is 7.91. The summed E-state index contributed by atoms with van der Waals surface area (Å²) in [6.45, 7) is 7.82. The summed E-state index contributed by atoms with van der Waals surface area (Å²) in [7, 11) is 0. The van der Waals surface area contributed by atoms with Gasteiger partial charge in [0.05, 0.1) is 5.60 Å². The van der Waals surface area contributed by atoms with Crippen LogP contribution in [0.25, 0.3) is 0 Å². The van der Waals surface area contributed by atoms with Gasteiger partial charge in [0.25, 0.3) is 0 Å². The highest BCUT2D eigenvalue weighted by Crippen LogP contribution is 2.23. The predicted molar refractivity (Wildman–Crippen MR) is 71.3 cm³/mol. The van der Waals surface area contributed by atoms with Crippen molar-refractivity contribution in [1.29, 1.82) is 0 Å². The Morgan fingerprint density at radius 3 is 3.06 bits per heavy atom. The molecule has 0 amide bonds. The summed E-state index contributed by atoms with van der Waals surface area (Å²) in [5, 5.41) is 7.05. The van der Waals surface area contributed by atoms with Gasteiger partial charge in [-0.1, -0.05) is 0 Å². The van der Waals surface area contributed by atoms with Gasteiger partial charge in [-0.2, -0.15) is 0 Å². The maximum atomic E-state index is 5.76. The zero-order valence-corrected chi connectivity index (χ0v) is 11.3. The van der Waals surface area contributed by atoms with Gasteiger partial charge in [0.1, 0.15) is 0 Å². The fourth-order valence-corrected chi connectivity index (χ4v) is 3.02. The van der Waals surface area contributed by atoms with E-state index in [1.807, 2.05) is 0 Å². The molecular formula is C14H28N2O. The quantitative estimate of drug-likeness (QED) is 0.696. The molecule has 2 saturated heterocycles. The van der Waals surface area contributed by atoms with Crippen LogP contribution in [0.5, 0.6) is 0 Å². The molecule has 100 valence electrons. The first kappa shape index (κ1) is 13.3. The average molecular weight is 240 g/mol. The Bertz CT molecular complexity index is 208. The lowest BCUT2D eigenvalue weighted by Crippen LogP contribution is -2.37. The van der Waals surface area contributed by atoms with Crippen molar-refractivity contribution >= 4 is 0 Å². The third-order valence-electron chi connectivity index (χ3n) is 4.16. The molecule has 2 rings (SSSR count). The Labute approximate surface area is 106 Å². The van der Waals surface area contributed by atoms with E-state index in [-0.39, 0.29) is 5.60 Å². The summed E-state index contributed by atoms with van der Waals surface area (Å²) in [5.74, 6) is 0.920. The summed E-state index contributed by atoms with van der Waals surface area (Å²) >= 11 is 0. The Morgan fingerprint density at radius 1 is 1.41 bits per heavy atom. The molecule has 2 aliphatic heterocycles. The van der Waals surface area contributed by atoms with Crippen LogP contribution in [0.15, 0.2) is 0 Å². The zero-order chi connectivity index (χ0) is 12.0. The van der Waals surface area contributed by atoms with Gasteiger partial charge in [-0.05, 0) is 71.0 Å². The molecule has 2 N–H and O–H groups in total. The van der Waals surface area contributed by atoms with Crippen LogP contribution < -0.4 is 10.6 Å². The molecule has 0 aromatic rings. The SMILES string of the molecule is CC1(CNCCCC2CCCNC2)CCCO1. The van der Waals surface area contributed by atoms with Crippen LogP contribution in [0, 0.1) is 5.92 Å². The molecule has 0 spiro atoms. The van der Waals surface area contributed by atoms with Crippen molar-refractivity contribution in [3.63, 3.8) is 0 Å². The van der Waals surface area contributed by atoms with Gasteiger partial charge in [0.15, 0.2) is 0 Å². The van der Waals surface area contributed by atoms with E-state index >= 15 is 0 Å². The molecule has 2 fully saturated rings. The molecule has 3 nitrogen and oxygen atoms in total. The van der Waals surface area contributed by atoms with Crippen LogP contribution in [-0.4, -0.2) is 38.4 Å². The van der Waals surface area contributed by atoms with Gasteiger partial charge in [-0.3, -0.25) is 0 Å². The first-order chi connectivity index (χ1) is 8.29. The molecule has 0 saturated carbocycles. The Kier molecular flexibility index (Phi) is 5.26. The summed E-state index contributed by atoms with van der Waals surface area (Å²) in [4.78, 5) is 0. The van der Waals surface area contributed by atoms with Crippen LogP contribution >= 0.6 is 0 Å². The van der Waals surface area contributed by atoms with E-state index in [2.05, 4.69) is 17.6 Å². The number of ether oxygens (including phenoxy) is 1. The van der Waals surface area contributed by atoms with E-state index in [0.717, 1.165) is 25.6 Å². The monoisotopic (exact) mass is 240 g/mol. The van der Waals surface area contributed by atoms with E-state index in [4.69, 9.17) is 4.74 Å². The number of nitrogens with one attached hydrogen (secondary N) is 2. The third-order valence-corrected chi connectivity index (χ3v) is 4.16. The molecule has 2 aliphatic rings. The maximum Gasteiger partial charge on any atom is 0.0779 e. The van der Waals surface area contributed by atoms with Crippen molar-refractivity contribution < 1.29 is 4.74 Å². The largest absolute Gasteiger partial charge is 0.374 e. The fraction of sp³-hybridized carbons (Fsp3) is 1.00. The van der Waals surface area contributed by atoms with Crippen molar-refractivity contribution in [2.45, 2.75) is 51.0 Å².